The minimum atomic E-state index is -0.776. The van der Waals surface area contributed by atoms with Crippen molar-refractivity contribution in [3.63, 3.8) is 0 Å². The van der Waals surface area contributed by atoms with Crippen LogP contribution in [0.5, 0.6) is 0 Å². The highest BCUT2D eigenvalue weighted by atomic mass is 32.2. The van der Waals surface area contributed by atoms with Crippen molar-refractivity contribution in [2.24, 2.45) is 0 Å². The molecule has 1 aliphatic heterocycles. The van der Waals surface area contributed by atoms with Crippen LogP contribution in [-0.4, -0.2) is 33.9 Å². The zero-order valence-electron chi connectivity index (χ0n) is 8.64. The maximum absolute atomic E-state index is 10.8. The number of nitrogens with one attached hydrogen (secondary N) is 1. The molecule has 5 nitrogen and oxygen atoms in total. The van der Waals surface area contributed by atoms with Gasteiger partial charge < -0.3 is 16.2 Å². The molecule has 0 unspecified atom stereocenters. The summed E-state index contributed by atoms with van der Waals surface area (Å²) in [6.07, 6.45) is 3.40. The molecule has 0 aliphatic carbocycles. The van der Waals surface area contributed by atoms with E-state index in [0.717, 1.165) is 4.90 Å². The minimum Gasteiger partial charge on any atom is -0.481 e. The van der Waals surface area contributed by atoms with E-state index < -0.39 is 5.97 Å². The molecule has 0 radical (unpaired) electrons. The van der Waals surface area contributed by atoms with E-state index in [1.165, 1.54) is 11.8 Å². The lowest BCUT2D eigenvalue weighted by Crippen LogP contribution is -2.57. The Labute approximate surface area is 97.4 Å². The number of hydrogen-bond acceptors (Lipinski definition) is 5. The number of nitrogens with two attached hydrogens (primary N) is 1. The highest BCUT2D eigenvalue weighted by molar-refractivity contribution is 8.01. The van der Waals surface area contributed by atoms with Crippen LogP contribution in [0.1, 0.15) is 6.42 Å². The summed E-state index contributed by atoms with van der Waals surface area (Å²) >= 11 is 1.52. The van der Waals surface area contributed by atoms with Gasteiger partial charge in [0, 0.05) is 24.2 Å². The molecule has 16 heavy (non-hydrogen) atoms. The predicted molar refractivity (Wildman–Crippen MR) is 62.4 cm³/mol. The van der Waals surface area contributed by atoms with E-state index in [9.17, 15) is 4.79 Å². The van der Waals surface area contributed by atoms with Crippen LogP contribution in [0.25, 0.3) is 0 Å². The molecule has 1 aliphatic rings. The van der Waals surface area contributed by atoms with Crippen molar-refractivity contribution in [1.82, 2.24) is 10.3 Å². The van der Waals surface area contributed by atoms with Crippen molar-refractivity contribution in [2.75, 3.05) is 18.8 Å². The monoisotopic (exact) mass is 239 g/mol. The highest BCUT2D eigenvalue weighted by Crippen LogP contribution is 2.40. The lowest BCUT2D eigenvalue weighted by Gasteiger charge is -2.41. The molecule has 2 heterocycles. The molecule has 1 saturated heterocycles. The number of carboxylic acids is 1. The van der Waals surface area contributed by atoms with Gasteiger partial charge in [0.15, 0.2) is 0 Å². The van der Waals surface area contributed by atoms with Crippen molar-refractivity contribution in [2.45, 2.75) is 16.1 Å². The lowest BCUT2D eigenvalue weighted by atomic mass is 9.98. The molecule has 0 atom stereocenters. The molecule has 2 rings (SSSR count). The van der Waals surface area contributed by atoms with Gasteiger partial charge in [-0.25, -0.2) is 0 Å². The van der Waals surface area contributed by atoms with Gasteiger partial charge in [0.2, 0.25) is 0 Å². The maximum Gasteiger partial charge on any atom is 0.304 e. The standard InChI is InChI=1S/C10H13N3O2S/c11-7-4-12-2-1-8(7)16-10(3-9(14)15)5-13-6-10/h1-2,4,13H,3,5-6,11H2,(H,14,15). The second kappa shape index (κ2) is 4.31. The first-order valence-electron chi connectivity index (χ1n) is 4.92. The van der Waals surface area contributed by atoms with E-state index in [2.05, 4.69) is 10.3 Å². The van der Waals surface area contributed by atoms with Gasteiger partial charge in [-0.05, 0) is 6.07 Å². The van der Waals surface area contributed by atoms with Crippen LogP contribution in [0.3, 0.4) is 0 Å². The lowest BCUT2D eigenvalue weighted by molar-refractivity contribution is -0.138. The Morgan fingerprint density at radius 1 is 1.69 bits per heavy atom. The summed E-state index contributed by atoms with van der Waals surface area (Å²) in [5, 5.41) is 12.0. The van der Waals surface area contributed by atoms with Crippen LogP contribution in [0.4, 0.5) is 5.69 Å². The Kier molecular flexibility index (Phi) is 3.02. The number of anilines is 1. The van der Waals surface area contributed by atoms with Gasteiger partial charge in [-0.2, -0.15) is 0 Å². The Morgan fingerprint density at radius 3 is 2.94 bits per heavy atom. The van der Waals surface area contributed by atoms with Crippen molar-refractivity contribution < 1.29 is 9.90 Å². The predicted octanol–water partition coefficient (Wildman–Crippen LogP) is 0.573. The fourth-order valence-electron chi connectivity index (χ4n) is 1.63. The summed E-state index contributed by atoms with van der Waals surface area (Å²) in [6.45, 7) is 1.40. The van der Waals surface area contributed by atoms with E-state index in [-0.39, 0.29) is 11.2 Å². The van der Waals surface area contributed by atoms with Gasteiger partial charge in [0.1, 0.15) is 0 Å². The van der Waals surface area contributed by atoms with Gasteiger partial charge >= 0.3 is 5.97 Å². The van der Waals surface area contributed by atoms with Crippen molar-refractivity contribution >= 4 is 23.4 Å². The average molecular weight is 239 g/mol. The van der Waals surface area contributed by atoms with Gasteiger partial charge in [0.25, 0.3) is 0 Å². The van der Waals surface area contributed by atoms with Crippen molar-refractivity contribution in [3.05, 3.63) is 18.5 Å². The molecule has 1 aromatic rings. The molecule has 6 heteroatoms. The molecule has 86 valence electrons. The first-order chi connectivity index (χ1) is 7.61. The van der Waals surface area contributed by atoms with Crippen molar-refractivity contribution in [3.8, 4) is 0 Å². The van der Waals surface area contributed by atoms with Crippen LogP contribution in [-0.2, 0) is 4.79 Å². The van der Waals surface area contributed by atoms with Gasteiger partial charge in [-0.3, -0.25) is 9.78 Å². The molecule has 4 N–H and O–H groups in total. The Morgan fingerprint density at radius 2 is 2.44 bits per heavy atom. The second-order valence-electron chi connectivity index (χ2n) is 3.87. The largest absolute Gasteiger partial charge is 0.481 e. The number of nitrogen functional groups attached to an aromatic ring is 1. The summed E-state index contributed by atoms with van der Waals surface area (Å²) in [5.41, 5.74) is 6.39. The normalized spacial score (nSPS) is 17.8. The molecule has 1 fully saturated rings. The first-order valence-corrected chi connectivity index (χ1v) is 5.74. The third-order valence-corrected chi connectivity index (χ3v) is 3.96. The zero-order chi connectivity index (χ0) is 11.6. The molecule has 0 amide bonds. The molecule has 0 spiro atoms. The second-order valence-corrected chi connectivity index (χ2v) is 5.38. The van der Waals surface area contributed by atoms with Crippen LogP contribution < -0.4 is 11.1 Å². The van der Waals surface area contributed by atoms with Crippen LogP contribution >= 0.6 is 11.8 Å². The Bertz CT molecular complexity index is 407. The fourth-order valence-corrected chi connectivity index (χ4v) is 2.94. The van der Waals surface area contributed by atoms with E-state index in [1.807, 2.05) is 6.07 Å². The Balaban J connectivity index is 2.13. The third kappa shape index (κ3) is 2.28. The van der Waals surface area contributed by atoms with E-state index in [0.29, 0.717) is 18.8 Å². The molecule has 0 aromatic carbocycles. The van der Waals surface area contributed by atoms with E-state index >= 15 is 0 Å². The summed E-state index contributed by atoms with van der Waals surface area (Å²) in [4.78, 5) is 15.6. The van der Waals surface area contributed by atoms with Gasteiger partial charge in [0.05, 0.1) is 23.1 Å². The number of aromatic nitrogens is 1. The number of pyridine rings is 1. The fraction of sp³-hybridized carbons (Fsp3) is 0.400. The number of nitrogens with zero attached hydrogens (tertiary/aromatic N) is 1. The molecular formula is C10H13N3O2S. The van der Waals surface area contributed by atoms with E-state index in [1.54, 1.807) is 12.4 Å². The van der Waals surface area contributed by atoms with Crippen LogP contribution in [0.15, 0.2) is 23.4 Å². The topological polar surface area (TPSA) is 88.2 Å². The van der Waals surface area contributed by atoms with Crippen molar-refractivity contribution in [1.29, 1.82) is 0 Å². The van der Waals surface area contributed by atoms with E-state index in [4.69, 9.17) is 10.8 Å². The number of rotatable bonds is 4. The zero-order valence-corrected chi connectivity index (χ0v) is 9.46. The quantitative estimate of drug-likeness (QED) is 0.712. The van der Waals surface area contributed by atoms with Crippen LogP contribution in [0, 0.1) is 0 Å². The number of carbonyl (C=O) groups is 1. The first kappa shape index (κ1) is 11.2. The average Bonchev–Trinajstić information content (AvgIpc) is 2.17. The molecule has 0 bridgehead atoms. The summed E-state index contributed by atoms with van der Waals surface area (Å²) in [6, 6.07) is 1.82. The van der Waals surface area contributed by atoms with Crippen LogP contribution in [0.2, 0.25) is 0 Å². The van der Waals surface area contributed by atoms with Gasteiger partial charge in [-0.1, -0.05) is 0 Å². The minimum absolute atomic E-state index is 0.145. The number of thioether (sulfide) groups is 1. The number of aliphatic carboxylic acids is 1. The summed E-state index contributed by atoms with van der Waals surface area (Å²) in [5.74, 6) is -0.776. The SMILES string of the molecule is Nc1cnccc1SC1(CC(=O)O)CNC1. The Hall–Kier alpha value is -1.27. The third-order valence-electron chi connectivity index (χ3n) is 2.50. The molecule has 0 saturated carbocycles. The maximum atomic E-state index is 10.8. The summed E-state index contributed by atoms with van der Waals surface area (Å²) in [7, 11) is 0. The highest BCUT2D eigenvalue weighted by Gasteiger charge is 2.40. The molecule has 1 aromatic heterocycles. The summed E-state index contributed by atoms with van der Waals surface area (Å²) < 4.78 is -0.263. The van der Waals surface area contributed by atoms with Gasteiger partial charge in [-0.15, -0.1) is 11.8 Å². The smallest absolute Gasteiger partial charge is 0.304 e. The molecular weight excluding hydrogens is 226 g/mol. The number of carboxylic acid groups (broad SMARTS) is 1. The number of hydrogen-bond donors (Lipinski definition) is 3.